The van der Waals surface area contributed by atoms with Gasteiger partial charge >= 0.3 is 0 Å². The smallest absolute Gasteiger partial charge is 0.253 e. The van der Waals surface area contributed by atoms with Crippen LogP contribution in [0.3, 0.4) is 0 Å². The fourth-order valence-corrected chi connectivity index (χ4v) is 6.27. The van der Waals surface area contributed by atoms with E-state index in [1.165, 1.54) is 24.0 Å². The predicted octanol–water partition coefficient (Wildman–Crippen LogP) is 5.36. The number of carbonyl (C=O) groups is 2. The molecule has 198 valence electrons. The van der Waals surface area contributed by atoms with Crippen LogP contribution >= 0.6 is 0 Å². The van der Waals surface area contributed by atoms with Crippen LogP contribution in [-0.4, -0.2) is 72.3 Å². The summed E-state index contributed by atoms with van der Waals surface area (Å²) in [4.78, 5) is 32.5. The lowest BCUT2D eigenvalue weighted by Gasteiger charge is -2.57. The van der Waals surface area contributed by atoms with Gasteiger partial charge in [0, 0.05) is 57.8 Å². The molecule has 1 heterocycles. The molecule has 0 aromatic heterocycles. The van der Waals surface area contributed by atoms with E-state index in [0.717, 1.165) is 63.7 Å². The lowest BCUT2D eigenvalue weighted by molar-refractivity contribution is -0.131. The molecule has 1 aromatic carbocycles. The van der Waals surface area contributed by atoms with Gasteiger partial charge in [-0.25, -0.2) is 0 Å². The van der Waals surface area contributed by atoms with Crippen LogP contribution in [0.2, 0.25) is 0 Å². The maximum Gasteiger partial charge on any atom is 0.253 e. The second-order valence-electron chi connectivity index (χ2n) is 12.8. The monoisotopic (exact) mass is 493 g/mol. The van der Waals surface area contributed by atoms with Gasteiger partial charge in [0.2, 0.25) is 5.91 Å². The van der Waals surface area contributed by atoms with E-state index >= 15 is 0 Å². The first-order chi connectivity index (χ1) is 17.0. The van der Waals surface area contributed by atoms with Crippen molar-refractivity contribution in [1.29, 1.82) is 0 Å². The molecular weight excluding hydrogens is 446 g/mol. The average Bonchev–Trinajstić information content (AvgIpc) is 2.86. The first kappa shape index (κ1) is 26.9. The number of hydrogen-bond donors (Lipinski definition) is 0. The third kappa shape index (κ3) is 5.72. The van der Waals surface area contributed by atoms with E-state index in [2.05, 4.69) is 69.6 Å². The van der Waals surface area contributed by atoms with Gasteiger partial charge in [0.1, 0.15) is 0 Å². The fourth-order valence-electron chi connectivity index (χ4n) is 6.27. The Balaban J connectivity index is 1.29. The molecule has 36 heavy (non-hydrogen) atoms. The zero-order valence-electron chi connectivity index (χ0n) is 23.5. The number of rotatable bonds is 8. The molecule has 5 nitrogen and oxygen atoms in total. The number of hydrogen-bond acceptors (Lipinski definition) is 3. The number of nitrogens with zero attached hydrogens (tertiary/aromatic N) is 3. The Labute approximate surface area is 218 Å². The number of fused-ring (bicyclic) bond motifs is 1. The van der Waals surface area contributed by atoms with Crippen molar-refractivity contribution in [3.63, 3.8) is 0 Å². The summed E-state index contributed by atoms with van der Waals surface area (Å²) in [6.45, 7) is 19.1. The molecule has 0 spiro atoms. The Hall–Kier alpha value is -2.14. The predicted molar refractivity (Wildman–Crippen MR) is 147 cm³/mol. The Morgan fingerprint density at radius 3 is 2.28 bits per heavy atom. The molecule has 0 N–H and O–H groups in total. The second kappa shape index (κ2) is 10.7. The third-order valence-electron chi connectivity index (χ3n) is 9.12. The van der Waals surface area contributed by atoms with E-state index in [1.807, 2.05) is 17.0 Å². The van der Waals surface area contributed by atoms with Crippen LogP contribution in [0.15, 0.2) is 35.9 Å². The van der Waals surface area contributed by atoms with Crippen LogP contribution in [0.4, 0.5) is 0 Å². The zero-order chi connectivity index (χ0) is 26.1. The second-order valence-corrected chi connectivity index (χ2v) is 12.8. The number of allylic oxidation sites excluding steroid dienone is 1. The minimum Gasteiger partial charge on any atom is -0.337 e. The van der Waals surface area contributed by atoms with E-state index in [4.69, 9.17) is 0 Å². The molecule has 1 aromatic rings. The molecule has 2 atom stereocenters. The maximum atomic E-state index is 13.1. The molecule has 5 rings (SSSR count). The summed E-state index contributed by atoms with van der Waals surface area (Å²) < 4.78 is 0. The maximum absolute atomic E-state index is 13.1. The topological polar surface area (TPSA) is 43.9 Å². The van der Waals surface area contributed by atoms with E-state index in [0.29, 0.717) is 17.8 Å². The number of amides is 2. The van der Waals surface area contributed by atoms with Crippen molar-refractivity contribution in [3.8, 4) is 0 Å². The summed E-state index contributed by atoms with van der Waals surface area (Å²) in [6, 6.07) is 8.10. The van der Waals surface area contributed by atoms with E-state index in [1.54, 1.807) is 0 Å². The van der Waals surface area contributed by atoms with Gasteiger partial charge in [-0.05, 0) is 59.6 Å². The quantitative estimate of drug-likeness (QED) is 0.458. The molecule has 2 unspecified atom stereocenters. The van der Waals surface area contributed by atoms with Crippen molar-refractivity contribution >= 4 is 11.8 Å². The van der Waals surface area contributed by atoms with Crippen LogP contribution in [0.5, 0.6) is 0 Å². The van der Waals surface area contributed by atoms with Crippen molar-refractivity contribution in [2.45, 2.75) is 72.6 Å². The molecule has 4 aliphatic rings. The summed E-state index contributed by atoms with van der Waals surface area (Å²) in [5, 5.41) is 0. The van der Waals surface area contributed by atoms with Crippen molar-refractivity contribution in [3.05, 3.63) is 47.0 Å². The molecule has 1 aliphatic heterocycles. The number of piperazine rings is 1. The van der Waals surface area contributed by atoms with Gasteiger partial charge in [-0.1, -0.05) is 65.3 Å². The lowest BCUT2D eigenvalue weighted by Crippen LogP contribution is -2.52. The van der Waals surface area contributed by atoms with Gasteiger partial charge in [0.15, 0.2) is 0 Å². The summed E-state index contributed by atoms with van der Waals surface area (Å²) in [6.07, 6.45) is 6.41. The summed E-state index contributed by atoms with van der Waals surface area (Å²) in [7, 11) is 0. The molecule has 1 saturated carbocycles. The largest absolute Gasteiger partial charge is 0.337 e. The van der Waals surface area contributed by atoms with Crippen LogP contribution in [0, 0.1) is 17.3 Å². The highest BCUT2D eigenvalue weighted by atomic mass is 16.2. The number of carbonyl (C=O) groups excluding carboxylic acids is 2. The lowest BCUT2D eigenvalue weighted by atomic mass is 9.49. The molecule has 2 amide bonds. The van der Waals surface area contributed by atoms with Crippen molar-refractivity contribution in [2.24, 2.45) is 17.3 Å². The third-order valence-corrected chi connectivity index (χ3v) is 9.12. The minimum absolute atomic E-state index is 0.0869. The molecule has 3 aliphatic carbocycles. The summed E-state index contributed by atoms with van der Waals surface area (Å²) in [5.74, 6) is 1.87. The van der Waals surface area contributed by atoms with Gasteiger partial charge in [-0.3, -0.25) is 14.5 Å². The first-order valence-corrected chi connectivity index (χ1v) is 14.1. The van der Waals surface area contributed by atoms with Gasteiger partial charge in [0.05, 0.1) is 0 Å². The van der Waals surface area contributed by atoms with Crippen molar-refractivity contribution in [1.82, 2.24) is 14.7 Å². The molecular formula is C31H47N3O2. The standard InChI is InChI=1S/C31H47N3O2/c1-7-8-28(35)34(22-24-11-14-26-21-27(24)31(26,5)6)20-17-32-15-18-33(19-16-32)29(36)23-9-12-25(13-10-23)30(2,3)4/h9-13,26-27H,7-8,14-22H2,1-6H3. The average molecular weight is 494 g/mol. The molecule has 0 radical (unpaired) electrons. The Morgan fingerprint density at radius 1 is 1.06 bits per heavy atom. The summed E-state index contributed by atoms with van der Waals surface area (Å²) in [5.41, 5.74) is 3.98. The molecule has 2 bridgehead atoms. The van der Waals surface area contributed by atoms with Crippen LogP contribution in [0.25, 0.3) is 0 Å². The van der Waals surface area contributed by atoms with E-state index < -0.39 is 0 Å². The highest BCUT2D eigenvalue weighted by molar-refractivity contribution is 5.94. The van der Waals surface area contributed by atoms with E-state index in [9.17, 15) is 9.59 Å². The highest BCUT2D eigenvalue weighted by Crippen LogP contribution is 2.59. The number of benzene rings is 1. The Bertz CT molecular complexity index is 965. The highest BCUT2D eigenvalue weighted by Gasteiger charge is 2.51. The first-order valence-electron chi connectivity index (χ1n) is 14.1. The fraction of sp³-hybridized carbons (Fsp3) is 0.677. The molecule has 1 saturated heterocycles. The van der Waals surface area contributed by atoms with Gasteiger partial charge in [-0.2, -0.15) is 0 Å². The normalized spacial score (nSPS) is 23.6. The van der Waals surface area contributed by atoms with Gasteiger partial charge in [0.25, 0.3) is 5.91 Å². The Morgan fingerprint density at radius 2 is 1.72 bits per heavy atom. The van der Waals surface area contributed by atoms with Crippen molar-refractivity contribution in [2.75, 3.05) is 45.8 Å². The molecule has 5 heteroatoms. The van der Waals surface area contributed by atoms with Crippen LogP contribution in [0.1, 0.15) is 83.1 Å². The van der Waals surface area contributed by atoms with Gasteiger partial charge in [-0.15, -0.1) is 0 Å². The van der Waals surface area contributed by atoms with Crippen molar-refractivity contribution < 1.29 is 9.59 Å². The van der Waals surface area contributed by atoms with Gasteiger partial charge < -0.3 is 9.80 Å². The minimum atomic E-state index is 0.0869. The Kier molecular flexibility index (Phi) is 7.99. The van der Waals surface area contributed by atoms with Crippen LogP contribution in [-0.2, 0) is 10.2 Å². The molecule has 2 fully saturated rings. The SMILES string of the molecule is CCCC(=O)N(CCN1CCN(C(=O)c2ccc(C(C)(C)C)cc2)CC1)CC1=CCC2CC1C2(C)C. The summed E-state index contributed by atoms with van der Waals surface area (Å²) >= 11 is 0. The van der Waals surface area contributed by atoms with Crippen LogP contribution < -0.4 is 0 Å². The van der Waals surface area contributed by atoms with E-state index in [-0.39, 0.29) is 17.2 Å². The zero-order valence-corrected chi connectivity index (χ0v) is 23.5.